The summed E-state index contributed by atoms with van der Waals surface area (Å²) in [5.41, 5.74) is 0.660. The van der Waals surface area contributed by atoms with Crippen LogP contribution in [0.1, 0.15) is 31.7 Å². The van der Waals surface area contributed by atoms with E-state index < -0.39 is 4.92 Å². The Hall–Kier alpha value is -1.75. The zero-order valence-electron chi connectivity index (χ0n) is 11.8. The van der Waals surface area contributed by atoms with Gasteiger partial charge < -0.3 is 10.4 Å². The first-order valence-electron chi connectivity index (χ1n) is 7.02. The van der Waals surface area contributed by atoms with Gasteiger partial charge in [0, 0.05) is 17.6 Å². The average Bonchev–Trinajstić information content (AvgIpc) is 2.86. The van der Waals surface area contributed by atoms with Crippen molar-refractivity contribution < 1.29 is 10.0 Å². The van der Waals surface area contributed by atoms with E-state index in [9.17, 15) is 15.2 Å². The van der Waals surface area contributed by atoms with Gasteiger partial charge in [0.2, 0.25) is 0 Å². The Balaban J connectivity index is 2.24. The average molecular weight is 308 g/mol. The van der Waals surface area contributed by atoms with Crippen molar-refractivity contribution in [1.82, 2.24) is 0 Å². The van der Waals surface area contributed by atoms with E-state index in [-0.39, 0.29) is 34.3 Å². The highest BCUT2D eigenvalue weighted by Gasteiger charge is 2.42. The smallest absolute Gasteiger partial charge is 0.293 e. The molecule has 3 rings (SSSR count). The molecule has 112 valence electrons. The second-order valence-electron chi connectivity index (χ2n) is 6.02. The lowest BCUT2D eigenvalue weighted by atomic mass is 9.75. The minimum Gasteiger partial charge on any atom is -0.871 e. The molecular formula is C15H16ClN2O3-. The van der Waals surface area contributed by atoms with Crippen LogP contribution in [0.4, 0.5) is 11.4 Å². The first-order valence-corrected chi connectivity index (χ1v) is 7.40. The predicted octanol–water partition coefficient (Wildman–Crippen LogP) is 3.43. The molecule has 0 fully saturated rings. The number of nitro groups is 1. The van der Waals surface area contributed by atoms with E-state index in [1.165, 1.54) is 0 Å². The highest BCUT2D eigenvalue weighted by atomic mass is 35.5. The molecule has 5 nitrogen and oxygen atoms in total. The molecule has 0 aromatic heterocycles. The third-order valence-electron chi connectivity index (χ3n) is 4.47. The minimum absolute atomic E-state index is 0.0763. The number of benzene rings is 1. The molecular weight excluding hydrogens is 292 g/mol. The van der Waals surface area contributed by atoms with Crippen LogP contribution in [0.2, 0.25) is 5.02 Å². The summed E-state index contributed by atoms with van der Waals surface area (Å²) in [4.78, 5) is 10.9. The van der Waals surface area contributed by atoms with E-state index in [0.29, 0.717) is 17.2 Å². The Labute approximate surface area is 127 Å². The highest BCUT2D eigenvalue weighted by Crippen LogP contribution is 2.53. The van der Waals surface area contributed by atoms with Crippen LogP contribution in [0, 0.1) is 22.0 Å². The monoisotopic (exact) mass is 307 g/mol. The van der Waals surface area contributed by atoms with Gasteiger partial charge in [-0.3, -0.25) is 10.1 Å². The summed E-state index contributed by atoms with van der Waals surface area (Å²) in [5, 5.41) is 26.8. The third kappa shape index (κ3) is 2.07. The first kappa shape index (κ1) is 14.2. The van der Waals surface area contributed by atoms with Gasteiger partial charge in [-0.25, -0.2) is 0 Å². The molecule has 0 saturated carbocycles. The van der Waals surface area contributed by atoms with Gasteiger partial charge in [-0.05, 0) is 24.3 Å². The van der Waals surface area contributed by atoms with E-state index >= 15 is 0 Å². The zero-order chi connectivity index (χ0) is 15.3. The normalized spacial score (nSPS) is 26.4. The van der Waals surface area contributed by atoms with E-state index in [2.05, 4.69) is 19.2 Å². The van der Waals surface area contributed by atoms with Crippen LogP contribution < -0.4 is 10.4 Å². The molecule has 3 atom stereocenters. The number of allylic oxidation sites excluding steroid dienone is 2. The summed E-state index contributed by atoms with van der Waals surface area (Å²) in [5.74, 6) is 0.180. The number of nitrogens with one attached hydrogen (secondary N) is 1. The highest BCUT2D eigenvalue weighted by molar-refractivity contribution is 6.33. The maximum absolute atomic E-state index is 12.2. The number of hydrogen-bond acceptors (Lipinski definition) is 4. The summed E-state index contributed by atoms with van der Waals surface area (Å²) in [7, 11) is 0. The van der Waals surface area contributed by atoms with Gasteiger partial charge in [0.25, 0.3) is 5.69 Å². The van der Waals surface area contributed by atoms with Crippen LogP contribution in [-0.4, -0.2) is 11.0 Å². The summed E-state index contributed by atoms with van der Waals surface area (Å²) in [6, 6.07) is 1.27. The van der Waals surface area contributed by atoms with Crippen molar-refractivity contribution in [3.63, 3.8) is 0 Å². The number of nitrogens with zero attached hydrogens (tertiary/aromatic N) is 1. The first-order chi connectivity index (χ1) is 9.91. The molecule has 6 heteroatoms. The van der Waals surface area contributed by atoms with Crippen molar-refractivity contribution in [1.29, 1.82) is 0 Å². The van der Waals surface area contributed by atoms with Gasteiger partial charge in [-0.1, -0.05) is 43.3 Å². The van der Waals surface area contributed by atoms with Crippen molar-refractivity contribution in [2.45, 2.75) is 32.2 Å². The summed E-state index contributed by atoms with van der Waals surface area (Å²) in [6.07, 6.45) is 4.87. The van der Waals surface area contributed by atoms with Crippen LogP contribution in [0.25, 0.3) is 0 Å². The second kappa shape index (κ2) is 4.91. The zero-order valence-corrected chi connectivity index (χ0v) is 12.6. The Morgan fingerprint density at radius 1 is 1.48 bits per heavy atom. The van der Waals surface area contributed by atoms with Gasteiger partial charge in [-0.2, -0.15) is 0 Å². The molecule has 0 saturated heterocycles. The van der Waals surface area contributed by atoms with Crippen molar-refractivity contribution in [3.8, 4) is 5.75 Å². The molecule has 2 aliphatic rings. The molecule has 1 heterocycles. The SMILES string of the molecule is CC(C)[C@H]1Nc2c([O-])cc(Cl)c([N+](=O)[O-])c2[C@H]2C=CC[C@H]21. The summed E-state index contributed by atoms with van der Waals surface area (Å²) in [6.45, 7) is 4.18. The molecule has 1 aromatic rings. The standard InChI is InChI=1S/C15H17ClN2O3/c1-7(2)13-9-5-3-4-8(9)12-14(17-13)11(19)6-10(16)15(12)18(20)21/h3-4,6-9,13,17,19H,5H2,1-2H3/p-1/t8-,9+,13+/m0/s1. The van der Waals surface area contributed by atoms with Crippen LogP contribution in [0.3, 0.4) is 0 Å². The third-order valence-corrected chi connectivity index (χ3v) is 4.76. The van der Waals surface area contributed by atoms with Gasteiger partial charge in [-0.15, -0.1) is 0 Å². The number of rotatable bonds is 2. The largest absolute Gasteiger partial charge is 0.871 e. The number of fused-ring (bicyclic) bond motifs is 3. The lowest BCUT2D eigenvalue weighted by Gasteiger charge is -2.41. The number of halogens is 1. The maximum atomic E-state index is 12.2. The fraction of sp³-hybridized carbons (Fsp3) is 0.467. The minimum atomic E-state index is -0.485. The molecule has 21 heavy (non-hydrogen) atoms. The van der Waals surface area contributed by atoms with Gasteiger partial charge in [0.05, 0.1) is 10.5 Å². The molecule has 0 unspecified atom stereocenters. The lowest BCUT2D eigenvalue weighted by Crippen LogP contribution is -2.40. The summed E-state index contributed by atoms with van der Waals surface area (Å²) >= 11 is 5.96. The maximum Gasteiger partial charge on any atom is 0.293 e. The molecule has 0 amide bonds. The van der Waals surface area contributed by atoms with Gasteiger partial charge >= 0.3 is 0 Å². The Kier molecular flexibility index (Phi) is 3.32. The fourth-order valence-corrected chi connectivity index (χ4v) is 3.85. The summed E-state index contributed by atoms with van der Waals surface area (Å²) < 4.78 is 0. The van der Waals surface area contributed by atoms with Crippen molar-refractivity contribution >= 4 is 23.0 Å². The topological polar surface area (TPSA) is 78.2 Å². The van der Waals surface area contributed by atoms with Crippen LogP contribution in [0.15, 0.2) is 18.2 Å². The molecule has 1 N–H and O–H groups in total. The number of nitro benzene ring substituents is 1. The van der Waals surface area contributed by atoms with Crippen molar-refractivity contribution in [3.05, 3.63) is 38.9 Å². The van der Waals surface area contributed by atoms with E-state index in [1.807, 2.05) is 12.2 Å². The van der Waals surface area contributed by atoms with Crippen LogP contribution in [-0.2, 0) is 0 Å². The van der Waals surface area contributed by atoms with Crippen LogP contribution >= 0.6 is 11.6 Å². The number of hydrogen-bond donors (Lipinski definition) is 1. The molecule has 1 aromatic carbocycles. The molecule has 0 spiro atoms. The van der Waals surface area contributed by atoms with Gasteiger partial charge in [0.1, 0.15) is 5.02 Å². The van der Waals surface area contributed by atoms with Crippen molar-refractivity contribution in [2.75, 3.05) is 5.32 Å². The van der Waals surface area contributed by atoms with Crippen molar-refractivity contribution in [2.24, 2.45) is 11.8 Å². The lowest BCUT2D eigenvalue weighted by molar-refractivity contribution is -0.385. The molecule has 0 radical (unpaired) electrons. The van der Waals surface area contributed by atoms with E-state index in [1.54, 1.807) is 0 Å². The Bertz CT molecular complexity index is 642. The second-order valence-corrected chi connectivity index (χ2v) is 6.43. The molecule has 0 bridgehead atoms. The quantitative estimate of drug-likeness (QED) is 0.516. The molecule has 1 aliphatic carbocycles. The van der Waals surface area contributed by atoms with Crippen LogP contribution in [0.5, 0.6) is 5.75 Å². The fourth-order valence-electron chi connectivity index (χ4n) is 3.58. The predicted molar refractivity (Wildman–Crippen MR) is 79.8 cm³/mol. The van der Waals surface area contributed by atoms with E-state index in [0.717, 1.165) is 12.5 Å². The van der Waals surface area contributed by atoms with Gasteiger partial charge in [0.15, 0.2) is 0 Å². The molecule has 1 aliphatic heterocycles. The van der Waals surface area contributed by atoms with E-state index in [4.69, 9.17) is 11.6 Å². The Morgan fingerprint density at radius 2 is 2.19 bits per heavy atom. The Morgan fingerprint density at radius 3 is 2.81 bits per heavy atom. The number of anilines is 1.